The number of thiophene rings is 1. The van der Waals surface area contributed by atoms with Crippen LogP contribution in [0.5, 0.6) is 0 Å². The zero-order valence-electron chi connectivity index (χ0n) is 22.6. The molecule has 0 atom stereocenters. The summed E-state index contributed by atoms with van der Waals surface area (Å²) in [4.78, 5) is 23.0. The van der Waals surface area contributed by atoms with Crippen LogP contribution in [0.15, 0.2) is 53.1 Å². The summed E-state index contributed by atoms with van der Waals surface area (Å²) in [5, 5.41) is 2.04. The molecule has 2 fully saturated rings. The topological polar surface area (TPSA) is 84.7 Å². The first-order chi connectivity index (χ1) is 18.9. The summed E-state index contributed by atoms with van der Waals surface area (Å²) in [6, 6.07) is 11.4. The first-order valence-corrected chi connectivity index (χ1v) is 16.4. The fraction of sp³-hybridized carbons (Fsp3) is 0.517. The van der Waals surface area contributed by atoms with Crippen molar-refractivity contribution in [2.24, 2.45) is 0 Å². The first-order valence-electron chi connectivity index (χ1n) is 13.9. The summed E-state index contributed by atoms with van der Waals surface area (Å²) in [6.45, 7) is 6.70. The number of amides is 1. The number of aryl methyl sites for hydroxylation is 1. The van der Waals surface area contributed by atoms with Crippen LogP contribution in [0.25, 0.3) is 0 Å². The van der Waals surface area contributed by atoms with Crippen molar-refractivity contribution in [2.75, 3.05) is 39.4 Å². The third-order valence-electron chi connectivity index (χ3n) is 7.66. The molecule has 0 unspecified atom stereocenters. The molecule has 0 bridgehead atoms. The molecule has 1 saturated carbocycles. The molecule has 39 heavy (non-hydrogen) atoms. The number of benzene rings is 1. The number of imidazole rings is 1. The SMILES string of the molecule is Cc1cccc(CS(=O)(=O)c2ncc(CN(CCN3CCOCC3)C(=O)c3cccs3)n2C2CCCCC2)c1. The largest absolute Gasteiger partial charge is 0.379 e. The van der Waals surface area contributed by atoms with Crippen LogP contribution in [0.2, 0.25) is 0 Å². The van der Waals surface area contributed by atoms with Crippen LogP contribution in [0.4, 0.5) is 0 Å². The summed E-state index contributed by atoms with van der Waals surface area (Å²) in [5.41, 5.74) is 2.58. The zero-order chi connectivity index (χ0) is 27.2. The average molecular weight is 571 g/mol. The molecular formula is C29H38N4O4S2. The van der Waals surface area contributed by atoms with Crippen molar-refractivity contribution in [2.45, 2.75) is 62.5 Å². The van der Waals surface area contributed by atoms with E-state index >= 15 is 0 Å². The maximum atomic E-state index is 13.7. The Morgan fingerprint density at radius 1 is 1.13 bits per heavy atom. The van der Waals surface area contributed by atoms with Crippen molar-refractivity contribution in [1.82, 2.24) is 19.4 Å². The number of morpholine rings is 1. The van der Waals surface area contributed by atoms with E-state index in [0.717, 1.165) is 68.6 Å². The van der Waals surface area contributed by atoms with Gasteiger partial charge in [-0.15, -0.1) is 11.3 Å². The number of hydrogen-bond acceptors (Lipinski definition) is 7. The molecule has 8 nitrogen and oxygen atoms in total. The van der Waals surface area contributed by atoms with E-state index in [1.54, 1.807) is 6.20 Å². The molecule has 2 aromatic heterocycles. The van der Waals surface area contributed by atoms with Crippen LogP contribution in [-0.2, 0) is 26.9 Å². The van der Waals surface area contributed by atoms with Gasteiger partial charge in [0.2, 0.25) is 15.0 Å². The Balaban J connectivity index is 1.45. The van der Waals surface area contributed by atoms with Gasteiger partial charge in [0.15, 0.2) is 0 Å². The van der Waals surface area contributed by atoms with Gasteiger partial charge in [-0.25, -0.2) is 13.4 Å². The molecule has 1 aliphatic carbocycles. The van der Waals surface area contributed by atoms with E-state index < -0.39 is 9.84 Å². The van der Waals surface area contributed by atoms with Gasteiger partial charge in [-0.05, 0) is 36.8 Å². The van der Waals surface area contributed by atoms with Crippen LogP contribution in [0.3, 0.4) is 0 Å². The molecule has 3 heterocycles. The maximum Gasteiger partial charge on any atom is 0.264 e. The minimum absolute atomic E-state index is 0.0289. The lowest BCUT2D eigenvalue weighted by Gasteiger charge is -2.31. The summed E-state index contributed by atoms with van der Waals surface area (Å²) in [5.74, 6) is -0.119. The summed E-state index contributed by atoms with van der Waals surface area (Å²) >= 11 is 1.43. The van der Waals surface area contributed by atoms with Crippen LogP contribution in [0, 0.1) is 6.92 Å². The Morgan fingerprint density at radius 3 is 2.64 bits per heavy atom. The van der Waals surface area contributed by atoms with Crippen molar-refractivity contribution in [3.63, 3.8) is 0 Å². The van der Waals surface area contributed by atoms with E-state index in [4.69, 9.17) is 4.74 Å². The lowest BCUT2D eigenvalue weighted by Crippen LogP contribution is -2.43. The molecule has 3 aromatic rings. The molecule has 5 rings (SSSR count). The molecule has 1 aliphatic heterocycles. The van der Waals surface area contributed by atoms with Gasteiger partial charge in [0.1, 0.15) is 0 Å². The number of carbonyl (C=O) groups excluding carboxylic acids is 1. The summed E-state index contributed by atoms with van der Waals surface area (Å²) < 4.78 is 34.9. The van der Waals surface area contributed by atoms with Crippen molar-refractivity contribution in [1.29, 1.82) is 0 Å². The normalized spacial score (nSPS) is 17.4. The highest BCUT2D eigenvalue weighted by atomic mass is 32.2. The van der Waals surface area contributed by atoms with Crippen molar-refractivity contribution in [3.8, 4) is 0 Å². The molecule has 1 aromatic carbocycles. The molecule has 1 saturated heterocycles. The van der Waals surface area contributed by atoms with E-state index in [0.29, 0.717) is 31.2 Å². The van der Waals surface area contributed by atoms with Gasteiger partial charge in [0.05, 0.1) is 42.3 Å². The Bertz CT molecular complexity index is 1340. The Labute approximate surface area is 235 Å². The van der Waals surface area contributed by atoms with Crippen LogP contribution < -0.4 is 0 Å². The minimum atomic E-state index is -3.69. The highest BCUT2D eigenvalue weighted by molar-refractivity contribution is 7.90. The number of aromatic nitrogens is 2. The van der Waals surface area contributed by atoms with Crippen LogP contribution >= 0.6 is 11.3 Å². The predicted octanol–water partition coefficient (Wildman–Crippen LogP) is 4.71. The molecule has 2 aliphatic rings. The number of nitrogens with zero attached hydrogens (tertiary/aromatic N) is 4. The van der Waals surface area contributed by atoms with Gasteiger partial charge in [-0.2, -0.15) is 0 Å². The molecular weight excluding hydrogens is 532 g/mol. The minimum Gasteiger partial charge on any atom is -0.379 e. The smallest absolute Gasteiger partial charge is 0.264 e. The second-order valence-corrected chi connectivity index (χ2v) is 13.4. The fourth-order valence-corrected chi connectivity index (χ4v) is 7.85. The van der Waals surface area contributed by atoms with E-state index in [2.05, 4.69) is 9.88 Å². The maximum absolute atomic E-state index is 13.7. The lowest BCUT2D eigenvalue weighted by molar-refractivity contribution is 0.0319. The number of sulfone groups is 1. The highest BCUT2D eigenvalue weighted by Gasteiger charge is 2.30. The summed E-state index contributed by atoms with van der Waals surface area (Å²) in [7, 11) is -3.69. The van der Waals surface area contributed by atoms with Gasteiger partial charge >= 0.3 is 0 Å². The van der Waals surface area contributed by atoms with Gasteiger partial charge in [0, 0.05) is 32.2 Å². The molecule has 10 heteroatoms. The monoisotopic (exact) mass is 570 g/mol. The zero-order valence-corrected chi connectivity index (χ0v) is 24.3. The number of hydrogen-bond donors (Lipinski definition) is 0. The fourth-order valence-electron chi connectivity index (χ4n) is 5.63. The third-order valence-corrected chi connectivity index (χ3v) is 10.1. The average Bonchev–Trinajstić information content (AvgIpc) is 3.63. The Kier molecular flexibility index (Phi) is 9.17. The Hall–Kier alpha value is -2.53. The highest BCUT2D eigenvalue weighted by Crippen LogP contribution is 2.33. The lowest BCUT2D eigenvalue weighted by atomic mass is 9.95. The van der Waals surface area contributed by atoms with E-state index in [-0.39, 0.29) is 22.9 Å². The van der Waals surface area contributed by atoms with E-state index in [1.807, 2.05) is 58.2 Å². The number of rotatable bonds is 10. The van der Waals surface area contributed by atoms with Crippen molar-refractivity contribution in [3.05, 3.63) is 69.7 Å². The molecule has 1 amide bonds. The summed E-state index contributed by atoms with van der Waals surface area (Å²) in [6.07, 6.45) is 6.81. The van der Waals surface area contributed by atoms with Crippen LogP contribution in [-0.4, -0.2) is 73.1 Å². The van der Waals surface area contributed by atoms with Crippen molar-refractivity contribution >= 4 is 27.1 Å². The second-order valence-electron chi connectivity index (χ2n) is 10.6. The standard InChI is InChI=1S/C29H38N4O4S2/c1-23-7-5-8-24(19-23)22-39(35,36)29-30-20-26(33(29)25-9-3-2-4-10-25)21-32(28(34)27-11-6-18-38-27)13-12-31-14-16-37-17-15-31/h5-8,11,18-20,25H,2-4,9-10,12-17,21-22H2,1H3. The van der Waals surface area contributed by atoms with Gasteiger partial charge < -0.3 is 14.2 Å². The molecule has 0 N–H and O–H groups in total. The second kappa shape index (κ2) is 12.8. The first kappa shape index (κ1) is 28.0. The third kappa shape index (κ3) is 6.98. The number of ether oxygens (including phenoxy) is 1. The van der Waals surface area contributed by atoms with Gasteiger partial charge in [-0.3, -0.25) is 9.69 Å². The van der Waals surface area contributed by atoms with Crippen molar-refractivity contribution < 1.29 is 17.9 Å². The Morgan fingerprint density at radius 2 is 1.92 bits per heavy atom. The van der Waals surface area contributed by atoms with Gasteiger partial charge in [0.25, 0.3) is 5.91 Å². The predicted molar refractivity (Wildman–Crippen MR) is 153 cm³/mol. The van der Waals surface area contributed by atoms with E-state index in [1.165, 1.54) is 11.3 Å². The molecule has 0 spiro atoms. The quantitative estimate of drug-likeness (QED) is 0.351. The van der Waals surface area contributed by atoms with Crippen LogP contribution in [0.1, 0.15) is 64.6 Å². The number of carbonyl (C=O) groups is 1. The molecule has 210 valence electrons. The van der Waals surface area contributed by atoms with E-state index in [9.17, 15) is 13.2 Å². The van der Waals surface area contributed by atoms with Gasteiger partial charge in [-0.1, -0.05) is 55.2 Å². The molecule has 0 radical (unpaired) electrons.